The number of rotatable bonds is 5. The van der Waals surface area contributed by atoms with E-state index in [2.05, 4.69) is 25.7 Å². The smallest absolute Gasteiger partial charge is 0.0124 e. The molecule has 2 atom stereocenters. The molecule has 0 bridgehead atoms. The Labute approximate surface area is 64.5 Å². The maximum absolute atomic E-state index is 3.73. The van der Waals surface area contributed by atoms with Crippen LogP contribution in [0.5, 0.6) is 0 Å². The lowest BCUT2D eigenvalue weighted by Crippen LogP contribution is -2.30. The van der Waals surface area contributed by atoms with E-state index in [-0.39, 0.29) is 0 Å². The summed E-state index contributed by atoms with van der Waals surface area (Å²) in [7, 11) is 2.01. The maximum Gasteiger partial charge on any atom is 0.0124 e. The fourth-order valence-corrected chi connectivity index (χ4v) is 1.10. The minimum absolute atomic E-state index is 0.613. The van der Waals surface area contributed by atoms with Gasteiger partial charge in [0.25, 0.3) is 0 Å². The first-order valence-corrected chi connectivity index (χ1v) is 4.04. The lowest BCUT2D eigenvalue weighted by molar-refractivity contribution is 0.391. The predicted octanol–water partition coefficient (Wildman–Crippen LogP) is 2.20. The van der Waals surface area contributed by atoms with Crippen molar-refractivity contribution in [1.29, 1.82) is 0 Å². The van der Waals surface area contributed by atoms with Crippen LogP contribution in [0.15, 0.2) is 12.7 Å². The SMILES string of the molecule is C=CCC(NC)C(C)CC. The van der Waals surface area contributed by atoms with E-state index in [9.17, 15) is 0 Å². The van der Waals surface area contributed by atoms with E-state index in [0.29, 0.717) is 6.04 Å². The summed E-state index contributed by atoms with van der Waals surface area (Å²) < 4.78 is 0. The number of hydrogen-bond acceptors (Lipinski definition) is 1. The van der Waals surface area contributed by atoms with E-state index in [0.717, 1.165) is 12.3 Å². The van der Waals surface area contributed by atoms with Gasteiger partial charge in [-0.25, -0.2) is 0 Å². The molecule has 0 saturated heterocycles. The van der Waals surface area contributed by atoms with Gasteiger partial charge in [0.2, 0.25) is 0 Å². The van der Waals surface area contributed by atoms with Crippen molar-refractivity contribution in [2.75, 3.05) is 7.05 Å². The zero-order valence-electron chi connectivity index (χ0n) is 7.35. The van der Waals surface area contributed by atoms with E-state index < -0.39 is 0 Å². The Balaban J connectivity index is 3.67. The molecule has 0 spiro atoms. The molecule has 1 N–H and O–H groups in total. The molecule has 0 aliphatic heterocycles. The minimum Gasteiger partial charge on any atom is -0.316 e. The van der Waals surface area contributed by atoms with E-state index in [4.69, 9.17) is 0 Å². The molecule has 0 rings (SSSR count). The van der Waals surface area contributed by atoms with Crippen LogP contribution in [0.3, 0.4) is 0 Å². The molecule has 0 aliphatic carbocycles. The van der Waals surface area contributed by atoms with Crippen molar-refractivity contribution in [3.63, 3.8) is 0 Å². The summed E-state index contributed by atoms with van der Waals surface area (Å²) in [5, 5.41) is 3.28. The predicted molar refractivity (Wildman–Crippen MR) is 47.1 cm³/mol. The molecule has 0 amide bonds. The number of nitrogens with one attached hydrogen (secondary N) is 1. The van der Waals surface area contributed by atoms with Gasteiger partial charge >= 0.3 is 0 Å². The van der Waals surface area contributed by atoms with Crippen molar-refractivity contribution < 1.29 is 0 Å². The zero-order chi connectivity index (χ0) is 7.98. The normalized spacial score (nSPS) is 16.3. The second-order valence-electron chi connectivity index (χ2n) is 2.81. The molecule has 60 valence electrons. The summed E-state index contributed by atoms with van der Waals surface area (Å²) in [6, 6.07) is 0.613. The van der Waals surface area contributed by atoms with Crippen LogP contribution in [0.25, 0.3) is 0 Å². The third-order valence-corrected chi connectivity index (χ3v) is 2.12. The Bertz CT molecular complexity index is 88.7. The van der Waals surface area contributed by atoms with Gasteiger partial charge in [-0.15, -0.1) is 6.58 Å². The first-order valence-electron chi connectivity index (χ1n) is 4.04. The molecule has 0 radical (unpaired) electrons. The molecular formula is C9H19N. The first-order chi connectivity index (χ1) is 4.76. The van der Waals surface area contributed by atoms with Gasteiger partial charge in [-0.3, -0.25) is 0 Å². The lowest BCUT2D eigenvalue weighted by atomic mass is 9.97. The van der Waals surface area contributed by atoms with Crippen LogP contribution in [0.4, 0.5) is 0 Å². The monoisotopic (exact) mass is 141 g/mol. The van der Waals surface area contributed by atoms with Crippen LogP contribution in [-0.4, -0.2) is 13.1 Å². The summed E-state index contributed by atoms with van der Waals surface area (Å²) in [6.45, 7) is 8.21. The fourth-order valence-electron chi connectivity index (χ4n) is 1.10. The van der Waals surface area contributed by atoms with Crippen molar-refractivity contribution >= 4 is 0 Å². The van der Waals surface area contributed by atoms with Crippen LogP contribution in [0.2, 0.25) is 0 Å². The van der Waals surface area contributed by atoms with Crippen LogP contribution in [-0.2, 0) is 0 Å². The second kappa shape index (κ2) is 5.48. The van der Waals surface area contributed by atoms with Crippen LogP contribution in [0, 0.1) is 5.92 Å². The molecular weight excluding hydrogens is 122 g/mol. The quantitative estimate of drug-likeness (QED) is 0.579. The summed E-state index contributed by atoms with van der Waals surface area (Å²) in [5.74, 6) is 0.753. The van der Waals surface area contributed by atoms with E-state index in [1.807, 2.05) is 13.1 Å². The minimum atomic E-state index is 0.613. The highest BCUT2D eigenvalue weighted by atomic mass is 14.9. The summed E-state index contributed by atoms with van der Waals surface area (Å²) in [4.78, 5) is 0. The van der Waals surface area contributed by atoms with Gasteiger partial charge < -0.3 is 5.32 Å². The Morgan fingerprint density at radius 2 is 2.20 bits per heavy atom. The molecule has 0 fully saturated rings. The molecule has 0 aromatic heterocycles. The topological polar surface area (TPSA) is 12.0 Å². The van der Waals surface area contributed by atoms with Crippen molar-refractivity contribution in [2.45, 2.75) is 32.7 Å². The van der Waals surface area contributed by atoms with Crippen molar-refractivity contribution in [3.05, 3.63) is 12.7 Å². The molecule has 0 aromatic carbocycles. The highest BCUT2D eigenvalue weighted by Crippen LogP contribution is 2.10. The standard InChI is InChI=1S/C9H19N/c1-5-7-9(10-4)8(3)6-2/h5,8-10H,1,6-7H2,2-4H3. The highest BCUT2D eigenvalue weighted by molar-refractivity contribution is 4.79. The second-order valence-corrected chi connectivity index (χ2v) is 2.81. The maximum atomic E-state index is 3.73. The van der Waals surface area contributed by atoms with Gasteiger partial charge in [-0.1, -0.05) is 26.3 Å². The van der Waals surface area contributed by atoms with Crippen LogP contribution < -0.4 is 5.32 Å². The highest BCUT2D eigenvalue weighted by Gasteiger charge is 2.10. The third-order valence-electron chi connectivity index (χ3n) is 2.12. The molecule has 0 saturated carbocycles. The Hall–Kier alpha value is -0.300. The van der Waals surface area contributed by atoms with Crippen molar-refractivity contribution in [1.82, 2.24) is 5.32 Å². The third kappa shape index (κ3) is 3.02. The largest absolute Gasteiger partial charge is 0.316 e. The molecule has 10 heavy (non-hydrogen) atoms. The average molecular weight is 141 g/mol. The Morgan fingerprint density at radius 1 is 1.60 bits per heavy atom. The van der Waals surface area contributed by atoms with Gasteiger partial charge in [0.05, 0.1) is 0 Å². The fraction of sp³-hybridized carbons (Fsp3) is 0.778. The molecule has 0 heterocycles. The summed E-state index contributed by atoms with van der Waals surface area (Å²) >= 11 is 0. The molecule has 1 nitrogen and oxygen atoms in total. The molecule has 1 heteroatoms. The Kier molecular flexibility index (Phi) is 5.32. The summed E-state index contributed by atoms with van der Waals surface area (Å²) in [5.41, 5.74) is 0. The lowest BCUT2D eigenvalue weighted by Gasteiger charge is -2.20. The van der Waals surface area contributed by atoms with Gasteiger partial charge in [0, 0.05) is 6.04 Å². The zero-order valence-corrected chi connectivity index (χ0v) is 7.35. The van der Waals surface area contributed by atoms with Gasteiger partial charge in [-0.05, 0) is 19.4 Å². The van der Waals surface area contributed by atoms with Crippen LogP contribution in [0.1, 0.15) is 26.7 Å². The summed E-state index contributed by atoms with van der Waals surface area (Å²) in [6.07, 6.45) is 4.29. The van der Waals surface area contributed by atoms with E-state index in [1.54, 1.807) is 0 Å². The first kappa shape index (κ1) is 9.70. The van der Waals surface area contributed by atoms with Crippen molar-refractivity contribution in [2.24, 2.45) is 5.92 Å². The van der Waals surface area contributed by atoms with Crippen molar-refractivity contribution in [3.8, 4) is 0 Å². The van der Waals surface area contributed by atoms with E-state index >= 15 is 0 Å². The molecule has 0 aromatic rings. The van der Waals surface area contributed by atoms with E-state index in [1.165, 1.54) is 6.42 Å². The van der Waals surface area contributed by atoms with Gasteiger partial charge in [0.1, 0.15) is 0 Å². The molecule has 2 unspecified atom stereocenters. The number of hydrogen-bond donors (Lipinski definition) is 1. The average Bonchev–Trinajstić information content (AvgIpc) is 1.99. The molecule has 0 aliphatic rings. The van der Waals surface area contributed by atoms with Gasteiger partial charge in [-0.2, -0.15) is 0 Å². The van der Waals surface area contributed by atoms with Crippen LogP contribution >= 0.6 is 0 Å². The Morgan fingerprint density at radius 3 is 2.50 bits per heavy atom. The van der Waals surface area contributed by atoms with Gasteiger partial charge in [0.15, 0.2) is 0 Å².